The van der Waals surface area contributed by atoms with Crippen LogP contribution in [0.25, 0.3) is 69.0 Å². The molecule has 0 atom stereocenters. The lowest BCUT2D eigenvalue weighted by Crippen LogP contribution is -2.09. The molecule has 11 heteroatoms. The lowest BCUT2D eigenvalue weighted by Gasteiger charge is -2.26. The highest BCUT2D eigenvalue weighted by Gasteiger charge is 2.14. The van der Waals surface area contributed by atoms with Crippen molar-refractivity contribution in [3.05, 3.63) is 264 Å². The summed E-state index contributed by atoms with van der Waals surface area (Å²) in [6.45, 7) is -0.550. The normalized spacial score (nSPS) is 11.6. The van der Waals surface area contributed by atoms with Crippen molar-refractivity contribution in [2.24, 2.45) is 0 Å². The molecule has 0 spiro atoms. The Morgan fingerprint density at radius 2 is 0.880 bits per heavy atom. The van der Waals surface area contributed by atoms with Gasteiger partial charge in [-0.15, -0.1) is 22.7 Å². The van der Waals surface area contributed by atoms with Gasteiger partial charge in [0.15, 0.2) is 6.79 Å². The third kappa shape index (κ3) is 13.3. The van der Waals surface area contributed by atoms with E-state index < -0.39 is 12.8 Å². The summed E-state index contributed by atoms with van der Waals surface area (Å²) >= 11 is 15.6. The quantitative estimate of drug-likeness (QED) is 0.0307. The Morgan fingerprint density at radius 3 is 1.25 bits per heavy atom. The Morgan fingerprint density at radius 1 is 0.493 bits per heavy atom. The molecule has 9 rings (SSSR count). The van der Waals surface area contributed by atoms with E-state index in [9.17, 15) is 15.2 Å². The minimum absolute atomic E-state index is 0.0611. The van der Waals surface area contributed by atoms with Crippen LogP contribution in [0.4, 0.5) is 17.1 Å². The van der Waals surface area contributed by atoms with Gasteiger partial charge in [0.1, 0.15) is 17.7 Å². The van der Waals surface area contributed by atoms with Gasteiger partial charge >= 0.3 is 5.97 Å². The molecule has 0 aliphatic carbocycles. The number of nitrogens with zero attached hydrogens (tertiary/aromatic N) is 3. The Kier molecular flexibility index (Phi) is 16.6. The number of carboxylic acid groups (broad SMARTS) is 1. The standard InChI is InChI=1S/C64H43Cl2N3O4S2/c65-53-23-19-48(20-24-53)61(49-21-25-54(66)26-22-49)37-47-13-31-57(32-14-47)69(55-27-9-45(10-28-55)3-1-43-5-15-50(16-6-43)62-35-33-59(74-62)38-52(40-67)64(71)72)56-29-11-46(12-30-56)4-2-44-7-17-51(18-8-44)63-36-34-60(75-63)39-58(41-68)73-42-70/h1-39,70H,42H2,(H,71,72)/b3-1+,4-2+,52-38+,58-39-. The van der Waals surface area contributed by atoms with Gasteiger partial charge in [0.2, 0.25) is 5.76 Å². The number of rotatable bonds is 17. The Hall–Kier alpha value is -8.77. The van der Waals surface area contributed by atoms with E-state index in [2.05, 4.69) is 132 Å². The van der Waals surface area contributed by atoms with Crippen molar-refractivity contribution in [1.29, 1.82) is 10.5 Å². The second kappa shape index (κ2) is 24.3. The lowest BCUT2D eigenvalue weighted by atomic mass is 9.95. The van der Waals surface area contributed by atoms with Crippen LogP contribution < -0.4 is 4.90 Å². The van der Waals surface area contributed by atoms with Crippen LogP contribution in [0, 0.1) is 22.7 Å². The number of allylic oxidation sites excluding steroid dienone is 1. The van der Waals surface area contributed by atoms with Crippen molar-refractivity contribution in [3.63, 3.8) is 0 Å². The molecule has 2 N–H and O–H groups in total. The zero-order chi connectivity index (χ0) is 52.1. The number of benzene rings is 7. The predicted molar refractivity (Wildman–Crippen MR) is 311 cm³/mol. The number of aliphatic carboxylic acids is 1. The summed E-state index contributed by atoms with van der Waals surface area (Å²) < 4.78 is 4.97. The Balaban J connectivity index is 0.959. The molecule has 0 fully saturated rings. The fourth-order valence-corrected chi connectivity index (χ4v) is 10.2. The number of aliphatic hydroxyl groups is 1. The van der Waals surface area contributed by atoms with Gasteiger partial charge in [-0.05, 0) is 153 Å². The third-order valence-electron chi connectivity index (χ3n) is 11.9. The molecule has 0 bridgehead atoms. The van der Waals surface area contributed by atoms with Crippen LogP contribution in [0.5, 0.6) is 0 Å². The van der Waals surface area contributed by atoms with Crippen molar-refractivity contribution in [2.75, 3.05) is 11.7 Å². The molecule has 2 heterocycles. The number of nitriles is 2. The van der Waals surface area contributed by atoms with Gasteiger partial charge in [-0.2, -0.15) is 10.5 Å². The van der Waals surface area contributed by atoms with E-state index in [4.69, 9.17) is 38.3 Å². The number of thiophene rings is 2. The maximum Gasteiger partial charge on any atom is 0.346 e. The number of hydrogen-bond donors (Lipinski definition) is 2. The second-order valence-electron chi connectivity index (χ2n) is 16.9. The summed E-state index contributed by atoms with van der Waals surface area (Å²) in [6.07, 6.45) is 13.5. The first-order chi connectivity index (χ1) is 36.6. The topological polar surface area (TPSA) is 118 Å². The fraction of sp³-hybridized carbons (Fsp3) is 0.0156. The molecule has 0 saturated heterocycles. The van der Waals surface area contributed by atoms with Crippen LogP contribution in [0.1, 0.15) is 48.7 Å². The maximum absolute atomic E-state index is 11.3. The zero-order valence-corrected chi connectivity index (χ0v) is 43.0. The van der Waals surface area contributed by atoms with Crippen molar-refractivity contribution in [1.82, 2.24) is 0 Å². The molecule has 0 aliphatic heterocycles. The van der Waals surface area contributed by atoms with E-state index in [-0.39, 0.29) is 11.3 Å². The van der Waals surface area contributed by atoms with E-state index in [1.807, 2.05) is 103 Å². The van der Waals surface area contributed by atoms with Crippen LogP contribution >= 0.6 is 45.9 Å². The second-order valence-corrected chi connectivity index (χ2v) is 20.0. The first kappa shape index (κ1) is 51.1. The maximum atomic E-state index is 11.3. The molecule has 0 amide bonds. The van der Waals surface area contributed by atoms with E-state index >= 15 is 0 Å². The SMILES string of the molecule is N#C/C(=C/c1ccc(-c2ccc(/C=C/c3ccc(N(c4ccc(C=C(c5ccc(Cl)cc5)c5ccc(Cl)cc5)cc4)c4ccc(/C=C/c5ccc(-c6ccc(/C=C(\C#N)C(=O)O)s6)cc5)cc4)cc3)cc2)s1)OCO. The summed E-state index contributed by atoms with van der Waals surface area (Å²) in [5, 5.41) is 38.0. The number of carboxylic acids is 1. The van der Waals surface area contributed by atoms with Gasteiger partial charge < -0.3 is 19.8 Å². The van der Waals surface area contributed by atoms with Gasteiger partial charge in [0.25, 0.3) is 0 Å². The average molecular weight is 1050 g/mol. The molecule has 0 saturated carbocycles. The molecule has 9 aromatic rings. The van der Waals surface area contributed by atoms with E-state index in [0.29, 0.717) is 14.9 Å². The highest BCUT2D eigenvalue weighted by molar-refractivity contribution is 7.16. The van der Waals surface area contributed by atoms with E-state index in [1.54, 1.807) is 12.1 Å². The summed E-state index contributed by atoms with van der Waals surface area (Å²) in [5.41, 5.74) is 13.0. The first-order valence-corrected chi connectivity index (χ1v) is 25.8. The molecule has 2 aromatic heterocycles. The van der Waals surface area contributed by atoms with Gasteiger partial charge in [-0.3, -0.25) is 0 Å². The monoisotopic (exact) mass is 1050 g/mol. The van der Waals surface area contributed by atoms with Gasteiger partial charge in [-0.1, -0.05) is 157 Å². The molecule has 0 unspecified atom stereocenters. The number of aliphatic hydroxyl groups excluding tert-OH is 1. The molecular weight excluding hydrogens is 1010 g/mol. The number of ether oxygens (including phenoxy) is 1. The number of hydrogen-bond acceptors (Lipinski definition) is 8. The molecular formula is C64H43Cl2N3O4S2. The lowest BCUT2D eigenvalue weighted by molar-refractivity contribution is -0.132. The van der Waals surface area contributed by atoms with Crippen LogP contribution in [0.15, 0.2) is 205 Å². The largest absolute Gasteiger partial charge is 0.477 e. The first-order valence-electron chi connectivity index (χ1n) is 23.4. The Labute approximate surface area is 453 Å². The molecule has 0 radical (unpaired) electrons. The molecule has 75 heavy (non-hydrogen) atoms. The van der Waals surface area contributed by atoms with Crippen molar-refractivity contribution >= 4 is 117 Å². The van der Waals surface area contributed by atoms with Crippen molar-refractivity contribution in [3.8, 4) is 33.0 Å². The average Bonchev–Trinajstić information content (AvgIpc) is 4.13. The van der Waals surface area contributed by atoms with Gasteiger partial charge in [0, 0.05) is 52.7 Å². The van der Waals surface area contributed by atoms with Crippen LogP contribution in [0.2, 0.25) is 10.0 Å². The van der Waals surface area contributed by atoms with Crippen LogP contribution in [-0.4, -0.2) is 23.0 Å². The van der Waals surface area contributed by atoms with Gasteiger partial charge in [-0.25, -0.2) is 4.79 Å². The predicted octanol–water partition coefficient (Wildman–Crippen LogP) is 17.7. The molecule has 7 aromatic carbocycles. The van der Waals surface area contributed by atoms with Crippen LogP contribution in [0.3, 0.4) is 0 Å². The molecule has 0 aliphatic rings. The minimum atomic E-state index is -1.24. The third-order valence-corrected chi connectivity index (χ3v) is 14.6. The number of carbonyl (C=O) groups is 1. The van der Waals surface area contributed by atoms with Crippen LogP contribution in [-0.2, 0) is 9.53 Å². The summed E-state index contributed by atoms with van der Waals surface area (Å²) in [7, 11) is 0. The number of anilines is 3. The highest BCUT2D eigenvalue weighted by atomic mass is 35.5. The summed E-state index contributed by atoms with van der Waals surface area (Å²) in [4.78, 5) is 17.1. The summed E-state index contributed by atoms with van der Waals surface area (Å²) in [5.74, 6) is -1.18. The summed E-state index contributed by atoms with van der Waals surface area (Å²) in [6, 6.07) is 69.0. The van der Waals surface area contributed by atoms with Gasteiger partial charge in [0.05, 0.1) is 0 Å². The van der Waals surface area contributed by atoms with E-state index in [1.165, 1.54) is 28.7 Å². The van der Waals surface area contributed by atoms with E-state index in [0.717, 1.165) is 87.3 Å². The molecule has 7 nitrogen and oxygen atoms in total. The zero-order valence-electron chi connectivity index (χ0n) is 39.8. The number of halogens is 2. The van der Waals surface area contributed by atoms with Crippen molar-refractivity contribution < 1.29 is 19.7 Å². The smallest absolute Gasteiger partial charge is 0.346 e. The minimum Gasteiger partial charge on any atom is -0.477 e. The molecule has 364 valence electrons. The fourth-order valence-electron chi connectivity index (χ4n) is 8.06. The Bertz CT molecular complexity index is 3640. The highest BCUT2D eigenvalue weighted by Crippen LogP contribution is 2.37. The van der Waals surface area contributed by atoms with Crippen molar-refractivity contribution in [2.45, 2.75) is 0 Å².